The van der Waals surface area contributed by atoms with E-state index in [1.165, 1.54) is 11.1 Å². The van der Waals surface area contributed by atoms with E-state index in [0.717, 1.165) is 39.7 Å². The number of rotatable bonds is 6. The highest BCUT2D eigenvalue weighted by Gasteiger charge is 2.13. The minimum Gasteiger partial charge on any atom is -0.494 e. The zero-order chi connectivity index (χ0) is 22.8. The first-order chi connectivity index (χ1) is 16.2. The standard InChI is InChI=1S/C28H24N4O/c1-2-33-23-14-11-21(12-15-23)20-9-7-19(8-10-20)18-32-26-6-4-3-5-24(26)25-17-22(28(29)31-30)13-16-27(25)32/h3-17,29-30H,2,18H2,1H3. The largest absolute Gasteiger partial charge is 0.494 e. The molecule has 0 saturated heterocycles. The van der Waals surface area contributed by atoms with Gasteiger partial charge in [-0.15, -0.1) is 5.11 Å². The Balaban J connectivity index is 1.49. The fourth-order valence-corrected chi connectivity index (χ4v) is 4.33. The summed E-state index contributed by atoms with van der Waals surface area (Å²) >= 11 is 0. The molecule has 0 unspecified atom stereocenters. The van der Waals surface area contributed by atoms with Gasteiger partial charge in [0.15, 0.2) is 5.84 Å². The number of para-hydroxylation sites is 1. The first kappa shape index (κ1) is 20.6. The van der Waals surface area contributed by atoms with Gasteiger partial charge in [0.05, 0.1) is 6.61 Å². The maximum Gasteiger partial charge on any atom is 0.173 e. The molecule has 0 amide bonds. The van der Waals surface area contributed by atoms with E-state index in [9.17, 15) is 0 Å². The van der Waals surface area contributed by atoms with Crippen LogP contribution in [-0.4, -0.2) is 17.0 Å². The Morgan fingerprint density at radius 1 is 0.818 bits per heavy atom. The SMILES string of the molecule is CCOc1ccc(-c2ccc(Cn3c4ccccc4c4cc(C(=N)N=N)ccc43)cc2)cc1. The first-order valence-electron chi connectivity index (χ1n) is 11.0. The summed E-state index contributed by atoms with van der Waals surface area (Å²) in [5.74, 6) is 0.859. The Hall–Kier alpha value is -4.25. The van der Waals surface area contributed by atoms with E-state index in [1.807, 2.05) is 43.3 Å². The second kappa shape index (κ2) is 8.71. The van der Waals surface area contributed by atoms with E-state index < -0.39 is 0 Å². The van der Waals surface area contributed by atoms with Gasteiger partial charge in [-0.2, -0.15) is 0 Å². The lowest BCUT2D eigenvalue weighted by molar-refractivity contribution is 0.340. The molecule has 0 fully saturated rings. The second-order valence-corrected chi connectivity index (χ2v) is 7.95. The number of ether oxygens (including phenoxy) is 1. The van der Waals surface area contributed by atoms with Crippen molar-refractivity contribution in [1.82, 2.24) is 4.57 Å². The molecule has 0 saturated carbocycles. The first-order valence-corrected chi connectivity index (χ1v) is 11.0. The molecule has 0 radical (unpaired) electrons. The van der Waals surface area contributed by atoms with Crippen LogP contribution < -0.4 is 4.74 Å². The lowest BCUT2D eigenvalue weighted by atomic mass is 10.0. The van der Waals surface area contributed by atoms with Gasteiger partial charge in [0.1, 0.15) is 5.75 Å². The van der Waals surface area contributed by atoms with Crippen LogP contribution in [0.2, 0.25) is 0 Å². The molecule has 0 aliphatic carbocycles. The van der Waals surface area contributed by atoms with Gasteiger partial charge in [-0.25, -0.2) is 5.53 Å². The van der Waals surface area contributed by atoms with Crippen LogP contribution in [0.25, 0.3) is 32.9 Å². The number of benzene rings is 4. The molecule has 0 bridgehead atoms. The average Bonchev–Trinajstić information content (AvgIpc) is 3.18. The second-order valence-electron chi connectivity index (χ2n) is 7.95. The van der Waals surface area contributed by atoms with Gasteiger partial charge >= 0.3 is 0 Å². The van der Waals surface area contributed by atoms with Crippen LogP contribution >= 0.6 is 0 Å². The Kier molecular flexibility index (Phi) is 5.45. The van der Waals surface area contributed by atoms with E-state index in [-0.39, 0.29) is 5.84 Å². The topological polar surface area (TPSA) is 74.2 Å². The summed E-state index contributed by atoms with van der Waals surface area (Å²) in [5.41, 5.74) is 13.6. The van der Waals surface area contributed by atoms with E-state index in [4.69, 9.17) is 15.7 Å². The minimum absolute atomic E-state index is 0.0291. The highest BCUT2D eigenvalue weighted by atomic mass is 16.5. The zero-order valence-corrected chi connectivity index (χ0v) is 18.4. The molecular weight excluding hydrogens is 408 g/mol. The van der Waals surface area contributed by atoms with E-state index in [2.05, 4.69) is 64.3 Å². The average molecular weight is 433 g/mol. The van der Waals surface area contributed by atoms with Gasteiger partial charge in [-0.1, -0.05) is 54.6 Å². The van der Waals surface area contributed by atoms with Crippen LogP contribution in [-0.2, 0) is 6.54 Å². The number of aromatic nitrogens is 1. The Morgan fingerprint density at radius 2 is 1.48 bits per heavy atom. The predicted octanol–water partition coefficient (Wildman–Crippen LogP) is 7.26. The minimum atomic E-state index is -0.0291. The fraction of sp³-hybridized carbons (Fsp3) is 0.107. The number of hydrogen-bond acceptors (Lipinski definition) is 3. The molecule has 1 heterocycles. The smallest absolute Gasteiger partial charge is 0.173 e. The van der Waals surface area contributed by atoms with Crippen LogP contribution in [0.4, 0.5) is 0 Å². The van der Waals surface area contributed by atoms with Crippen molar-refractivity contribution in [3.63, 3.8) is 0 Å². The van der Waals surface area contributed by atoms with E-state index in [1.54, 1.807) is 0 Å². The summed E-state index contributed by atoms with van der Waals surface area (Å²) in [6.07, 6.45) is 0. The molecule has 5 heteroatoms. The third-order valence-corrected chi connectivity index (χ3v) is 5.95. The van der Waals surface area contributed by atoms with Gasteiger partial charge in [0.2, 0.25) is 0 Å². The lowest BCUT2D eigenvalue weighted by Crippen LogP contribution is -2.00. The Bertz CT molecular complexity index is 1460. The van der Waals surface area contributed by atoms with Crippen molar-refractivity contribution < 1.29 is 4.74 Å². The zero-order valence-electron chi connectivity index (χ0n) is 18.4. The molecule has 0 atom stereocenters. The summed E-state index contributed by atoms with van der Waals surface area (Å²) in [7, 11) is 0. The number of amidine groups is 1. The molecule has 0 aliphatic heterocycles. The fourth-order valence-electron chi connectivity index (χ4n) is 4.33. The third-order valence-electron chi connectivity index (χ3n) is 5.95. The van der Waals surface area contributed by atoms with E-state index in [0.29, 0.717) is 12.2 Å². The van der Waals surface area contributed by atoms with E-state index >= 15 is 0 Å². The van der Waals surface area contributed by atoms with Crippen molar-refractivity contribution in [2.75, 3.05) is 6.61 Å². The molecule has 4 aromatic carbocycles. The summed E-state index contributed by atoms with van der Waals surface area (Å²) in [6, 6.07) is 31.0. The van der Waals surface area contributed by atoms with Gasteiger partial charge in [0.25, 0.3) is 0 Å². The number of nitrogens with one attached hydrogen (secondary N) is 2. The van der Waals surface area contributed by atoms with Gasteiger partial charge in [-0.3, -0.25) is 5.41 Å². The molecule has 5 rings (SSSR count). The maximum atomic E-state index is 7.90. The third kappa shape index (κ3) is 3.89. The molecule has 162 valence electrons. The maximum absolute atomic E-state index is 7.90. The molecule has 0 aliphatic rings. The van der Waals surface area contributed by atoms with Gasteiger partial charge < -0.3 is 9.30 Å². The molecule has 2 N–H and O–H groups in total. The van der Waals surface area contributed by atoms with Gasteiger partial charge in [-0.05, 0) is 60.0 Å². The lowest BCUT2D eigenvalue weighted by Gasteiger charge is -2.10. The van der Waals surface area contributed by atoms with Crippen molar-refractivity contribution >= 4 is 27.6 Å². The van der Waals surface area contributed by atoms with Crippen molar-refractivity contribution in [1.29, 1.82) is 10.9 Å². The quantitative estimate of drug-likeness (QED) is 0.165. The monoisotopic (exact) mass is 432 g/mol. The molecule has 5 nitrogen and oxygen atoms in total. The van der Waals surface area contributed by atoms with Crippen molar-refractivity contribution in [3.8, 4) is 16.9 Å². The number of hydrogen-bond donors (Lipinski definition) is 2. The molecule has 1 aromatic heterocycles. The van der Waals surface area contributed by atoms with Crippen molar-refractivity contribution in [2.45, 2.75) is 13.5 Å². The summed E-state index contributed by atoms with van der Waals surface area (Å²) < 4.78 is 7.85. The number of nitrogens with zero attached hydrogens (tertiary/aromatic N) is 2. The van der Waals surface area contributed by atoms with Crippen LogP contribution in [0, 0.1) is 10.9 Å². The molecule has 5 aromatic rings. The molecule has 0 spiro atoms. The highest BCUT2D eigenvalue weighted by molar-refractivity contribution is 6.11. The number of fused-ring (bicyclic) bond motifs is 3. The summed E-state index contributed by atoms with van der Waals surface area (Å²) in [6.45, 7) is 3.40. The van der Waals surface area contributed by atoms with Gasteiger partial charge in [0, 0.05) is 33.9 Å². The van der Waals surface area contributed by atoms with Crippen molar-refractivity contribution in [2.24, 2.45) is 5.11 Å². The molecular formula is C28H24N4O. The van der Waals surface area contributed by atoms with Crippen LogP contribution in [0.1, 0.15) is 18.1 Å². The Labute approximate surface area is 192 Å². The van der Waals surface area contributed by atoms with Crippen LogP contribution in [0.5, 0.6) is 5.75 Å². The normalized spacial score (nSPS) is 11.1. The van der Waals surface area contributed by atoms with Crippen LogP contribution in [0.15, 0.2) is 96.1 Å². The summed E-state index contributed by atoms with van der Waals surface area (Å²) in [5, 5.41) is 13.4. The molecule has 33 heavy (non-hydrogen) atoms. The van der Waals surface area contributed by atoms with Crippen LogP contribution in [0.3, 0.4) is 0 Å². The summed E-state index contributed by atoms with van der Waals surface area (Å²) in [4.78, 5) is 0. The Morgan fingerprint density at radius 3 is 2.18 bits per heavy atom. The highest BCUT2D eigenvalue weighted by Crippen LogP contribution is 2.31. The predicted molar refractivity (Wildman–Crippen MR) is 134 cm³/mol. The van der Waals surface area contributed by atoms with Crippen molar-refractivity contribution in [3.05, 3.63) is 102 Å².